The van der Waals surface area contributed by atoms with Crippen LogP contribution in [0.15, 0.2) is 24.3 Å². The van der Waals surface area contributed by atoms with Crippen molar-refractivity contribution in [3.63, 3.8) is 0 Å². The van der Waals surface area contributed by atoms with Crippen LogP contribution in [0.1, 0.15) is 45.0 Å². The molecule has 2 rings (SSSR count). The lowest BCUT2D eigenvalue weighted by Gasteiger charge is -2.17. The van der Waals surface area contributed by atoms with E-state index < -0.39 is 0 Å². The molecular formula is C17H23NS. The number of aryl methyl sites for hydroxylation is 4. The van der Waals surface area contributed by atoms with Crippen LogP contribution >= 0.6 is 11.3 Å². The lowest BCUT2D eigenvalue weighted by atomic mass is 10.00. The first-order valence-electron chi connectivity index (χ1n) is 6.84. The summed E-state index contributed by atoms with van der Waals surface area (Å²) in [4.78, 5) is 2.85. The summed E-state index contributed by atoms with van der Waals surface area (Å²) in [6, 6.07) is 9.36. The van der Waals surface area contributed by atoms with Gasteiger partial charge in [-0.15, -0.1) is 11.3 Å². The van der Waals surface area contributed by atoms with Crippen molar-refractivity contribution in [2.45, 2.75) is 47.2 Å². The molecular weight excluding hydrogens is 250 g/mol. The molecule has 1 unspecified atom stereocenters. The van der Waals surface area contributed by atoms with E-state index in [9.17, 15) is 0 Å². The van der Waals surface area contributed by atoms with E-state index in [4.69, 9.17) is 0 Å². The summed E-state index contributed by atoms with van der Waals surface area (Å²) >= 11 is 1.90. The number of thiophene rings is 1. The van der Waals surface area contributed by atoms with Gasteiger partial charge in [0.1, 0.15) is 0 Å². The normalized spacial score (nSPS) is 12.7. The molecule has 0 amide bonds. The molecule has 2 aromatic rings. The Balaban J connectivity index is 2.04. The predicted octanol–water partition coefficient (Wildman–Crippen LogP) is 4.83. The van der Waals surface area contributed by atoms with Crippen molar-refractivity contribution in [3.05, 3.63) is 56.3 Å². The van der Waals surface area contributed by atoms with E-state index >= 15 is 0 Å². The summed E-state index contributed by atoms with van der Waals surface area (Å²) in [5.74, 6) is 0. The Labute approximate surface area is 120 Å². The molecule has 1 atom stereocenters. The SMILES string of the molecule is Cc1ccc(C)c(C(C)NCc2cc(C)c(C)s2)c1. The van der Waals surface area contributed by atoms with Crippen LogP contribution in [-0.2, 0) is 6.54 Å². The third-order valence-electron chi connectivity index (χ3n) is 3.70. The lowest BCUT2D eigenvalue weighted by Crippen LogP contribution is -2.18. The highest BCUT2D eigenvalue weighted by molar-refractivity contribution is 7.12. The van der Waals surface area contributed by atoms with Crippen molar-refractivity contribution < 1.29 is 0 Å². The summed E-state index contributed by atoms with van der Waals surface area (Å²) in [6.07, 6.45) is 0. The molecule has 2 heteroatoms. The molecule has 0 bridgehead atoms. The molecule has 102 valence electrons. The first-order valence-corrected chi connectivity index (χ1v) is 7.65. The van der Waals surface area contributed by atoms with Gasteiger partial charge in [-0.25, -0.2) is 0 Å². The molecule has 0 radical (unpaired) electrons. The summed E-state index contributed by atoms with van der Waals surface area (Å²) in [5, 5.41) is 3.63. The Kier molecular flexibility index (Phi) is 4.43. The molecule has 0 saturated carbocycles. The number of hydrogen-bond acceptors (Lipinski definition) is 2. The van der Waals surface area contributed by atoms with Gasteiger partial charge in [-0.05, 0) is 57.4 Å². The maximum atomic E-state index is 3.63. The van der Waals surface area contributed by atoms with Gasteiger partial charge in [0.15, 0.2) is 0 Å². The quantitative estimate of drug-likeness (QED) is 0.841. The number of rotatable bonds is 4. The van der Waals surface area contributed by atoms with E-state index in [1.807, 2.05) is 11.3 Å². The largest absolute Gasteiger partial charge is 0.305 e. The van der Waals surface area contributed by atoms with Crippen LogP contribution in [0.4, 0.5) is 0 Å². The van der Waals surface area contributed by atoms with Crippen LogP contribution in [0.3, 0.4) is 0 Å². The van der Waals surface area contributed by atoms with E-state index in [0.29, 0.717) is 6.04 Å². The summed E-state index contributed by atoms with van der Waals surface area (Å²) in [7, 11) is 0. The van der Waals surface area contributed by atoms with Crippen LogP contribution in [0.25, 0.3) is 0 Å². The second kappa shape index (κ2) is 5.89. The minimum absolute atomic E-state index is 0.391. The fourth-order valence-corrected chi connectivity index (χ4v) is 3.33. The van der Waals surface area contributed by atoms with Gasteiger partial charge in [-0.2, -0.15) is 0 Å². The Hall–Kier alpha value is -1.12. The minimum Gasteiger partial charge on any atom is -0.305 e. The van der Waals surface area contributed by atoms with Gasteiger partial charge in [0.2, 0.25) is 0 Å². The van der Waals surface area contributed by atoms with E-state index in [0.717, 1.165) is 6.54 Å². The predicted molar refractivity (Wildman–Crippen MR) is 85.0 cm³/mol. The van der Waals surface area contributed by atoms with Gasteiger partial charge >= 0.3 is 0 Å². The van der Waals surface area contributed by atoms with Crippen LogP contribution in [0, 0.1) is 27.7 Å². The molecule has 0 aliphatic rings. The Bertz CT molecular complexity index is 549. The summed E-state index contributed by atoms with van der Waals surface area (Å²) in [5.41, 5.74) is 5.51. The highest BCUT2D eigenvalue weighted by Crippen LogP contribution is 2.23. The Morgan fingerprint density at radius 2 is 1.79 bits per heavy atom. The Morgan fingerprint density at radius 3 is 2.42 bits per heavy atom. The minimum atomic E-state index is 0.391. The van der Waals surface area contributed by atoms with Gasteiger partial charge in [0, 0.05) is 22.3 Å². The molecule has 1 nitrogen and oxygen atoms in total. The van der Waals surface area contributed by atoms with Gasteiger partial charge < -0.3 is 5.32 Å². The smallest absolute Gasteiger partial charge is 0.0305 e. The van der Waals surface area contributed by atoms with E-state index in [-0.39, 0.29) is 0 Å². The molecule has 1 aromatic heterocycles. The van der Waals surface area contributed by atoms with E-state index in [1.165, 1.54) is 32.0 Å². The molecule has 19 heavy (non-hydrogen) atoms. The third-order valence-corrected chi connectivity index (χ3v) is 4.85. The fourth-order valence-electron chi connectivity index (χ4n) is 2.33. The highest BCUT2D eigenvalue weighted by atomic mass is 32.1. The van der Waals surface area contributed by atoms with Gasteiger partial charge in [-0.3, -0.25) is 0 Å². The average Bonchev–Trinajstić information content (AvgIpc) is 2.69. The first-order chi connectivity index (χ1) is 8.97. The Morgan fingerprint density at radius 1 is 1.05 bits per heavy atom. The van der Waals surface area contributed by atoms with Crippen LogP contribution in [0.2, 0.25) is 0 Å². The molecule has 0 aliphatic carbocycles. The molecule has 0 spiro atoms. The lowest BCUT2D eigenvalue weighted by molar-refractivity contribution is 0.576. The van der Waals surface area contributed by atoms with Crippen molar-refractivity contribution in [1.82, 2.24) is 5.32 Å². The van der Waals surface area contributed by atoms with Crippen molar-refractivity contribution in [2.24, 2.45) is 0 Å². The summed E-state index contributed by atoms with van der Waals surface area (Å²) in [6.45, 7) is 11.9. The monoisotopic (exact) mass is 273 g/mol. The maximum absolute atomic E-state index is 3.63. The van der Waals surface area contributed by atoms with Gasteiger partial charge in [0.25, 0.3) is 0 Å². The summed E-state index contributed by atoms with van der Waals surface area (Å²) < 4.78 is 0. The molecule has 0 saturated heterocycles. The highest BCUT2D eigenvalue weighted by Gasteiger charge is 2.09. The molecule has 1 N–H and O–H groups in total. The number of nitrogens with one attached hydrogen (secondary N) is 1. The second-order valence-electron chi connectivity index (χ2n) is 5.41. The first kappa shape index (κ1) is 14.3. The van der Waals surface area contributed by atoms with Crippen LogP contribution < -0.4 is 5.32 Å². The van der Waals surface area contributed by atoms with Gasteiger partial charge in [0.05, 0.1) is 0 Å². The zero-order valence-corrected chi connectivity index (χ0v) is 13.3. The van der Waals surface area contributed by atoms with Crippen LogP contribution in [-0.4, -0.2) is 0 Å². The van der Waals surface area contributed by atoms with Crippen molar-refractivity contribution in [2.75, 3.05) is 0 Å². The zero-order valence-electron chi connectivity index (χ0n) is 12.5. The van der Waals surface area contributed by atoms with Gasteiger partial charge in [-0.1, -0.05) is 23.8 Å². The van der Waals surface area contributed by atoms with Crippen molar-refractivity contribution in [1.29, 1.82) is 0 Å². The molecule has 0 fully saturated rings. The molecule has 0 aliphatic heterocycles. The fraction of sp³-hybridized carbons (Fsp3) is 0.412. The zero-order chi connectivity index (χ0) is 14.0. The van der Waals surface area contributed by atoms with E-state index in [2.05, 4.69) is 64.2 Å². The van der Waals surface area contributed by atoms with E-state index in [1.54, 1.807) is 0 Å². The van der Waals surface area contributed by atoms with Crippen LogP contribution in [0.5, 0.6) is 0 Å². The maximum Gasteiger partial charge on any atom is 0.0305 e. The molecule has 1 aromatic carbocycles. The van der Waals surface area contributed by atoms with Crippen molar-refractivity contribution >= 4 is 11.3 Å². The number of benzene rings is 1. The molecule has 1 heterocycles. The average molecular weight is 273 g/mol. The van der Waals surface area contributed by atoms with Crippen molar-refractivity contribution in [3.8, 4) is 0 Å². The third kappa shape index (κ3) is 3.46. The second-order valence-corrected chi connectivity index (χ2v) is 6.76. The number of hydrogen-bond donors (Lipinski definition) is 1. The topological polar surface area (TPSA) is 12.0 Å². The standard InChI is InChI=1S/C17H23NS/c1-11-6-7-12(2)17(8-11)14(4)18-10-16-9-13(3)15(5)19-16/h6-9,14,18H,10H2,1-5H3.